The molecule has 0 aromatic carbocycles. The molecular formula is C14H28N2O2. The Balaban J connectivity index is 2.32. The summed E-state index contributed by atoms with van der Waals surface area (Å²) in [6.07, 6.45) is 7.56. The highest BCUT2D eigenvalue weighted by atomic mass is 16.3. The van der Waals surface area contributed by atoms with Gasteiger partial charge in [0.05, 0.1) is 12.1 Å². The summed E-state index contributed by atoms with van der Waals surface area (Å²) in [6.45, 7) is 2.91. The van der Waals surface area contributed by atoms with Crippen LogP contribution in [0, 0.1) is 5.92 Å². The smallest absolute Gasteiger partial charge is 0.220 e. The lowest BCUT2D eigenvalue weighted by Gasteiger charge is -2.28. The van der Waals surface area contributed by atoms with Gasteiger partial charge in [-0.1, -0.05) is 26.2 Å². The molecule has 4 N–H and O–H groups in total. The normalized spacial score (nSPS) is 19.7. The van der Waals surface area contributed by atoms with Crippen LogP contribution in [-0.2, 0) is 4.79 Å². The maximum atomic E-state index is 11.9. The van der Waals surface area contributed by atoms with Crippen LogP contribution in [0.4, 0.5) is 0 Å². The molecule has 1 fully saturated rings. The topological polar surface area (TPSA) is 75.4 Å². The van der Waals surface area contributed by atoms with Gasteiger partial charge in [-0.3, -0.25) is 4.79 Å². The van der Waals surface area contributed by atoms with E-state index in [1.54, 1.807) is 0 Å². The summed E-state index contributed by atoms with van der Waals surface area (Å²) in [6, 6.07) is 0. The number of aliphatic hydroxyl groups is 1. The Hall–Kier alpha value is -0.610. The molecule has 0 heterocycles. The van der Waals surface area contributed by atoms with E-state index in [9.17, 15) is 9.90 Å². The molecule has 0 bridgehead atoms. The highest BCUT2D eigenvalue weighted by Gasteiger charge is 2.34. The standard InChI is InChI=1S/C14H28N2O2/c1-2-12(7-10-15)5-6-13(18)16-14(11-17)8-3-4-9-14/h12,17H,2-11,15H2,1H3,(H,16,18). The molecule has 1 atom stereocenters. The first-order chi connectivity index (χ1) is 8.65. The van der Waals surface area contributed by atoms with Crippen molar-refractivity contribution in [2.45, 2.75) is 63.8 Å². The molecule has 1 rings (SSSR count). The van der Waals surface area contributed by atoms with Crippen LogP contribution in [0.2, 0.25) is 0 Å². The van der Waals surface area contributed by atoms with E-state index in [2.05, 4.69) is 12.2 Å². The van der Waals surface area contributed by atoms with E-state index < -0.39 is 0 Å². The van der Waals surface area contributed by atoms with Gasteiger partial charge in [0, 0.05) is 6.42 Å². The molecule has 0 aromatic heterocycles. The molecule has 1 aliphatic carbocycles. The first-order valence-electron chi connectivity index (χ1n) is 7.27. The third-order valence-corrected chi connectivity index (χ3v) is 4.20. The summed E-state index contributed by atoms with van der Waals surface area (Å²) < 4.78 is 0. The number of amides is 1. The number of carbonyl (C=O) groups is 1. The van der Waals surface area contributed by atoms with Gasteiger partial charge in [-0.05, 0) is 38.1 Å². The minimum absolute atomic E-state index is 0.0682. The number of hydrogen-bond donors (Lipinski definition) is 3. The van der Waals surface area contributed by atoms with Gasteiger partial charge in [-0.25, -0.2) is 0 Å². The summed E-state index contributed by atoms with van der Waals surface area (Å²) in [5, 5.41) is 12.5. The summed E-state index contributed by atoms with van der Waals surface area (Å²) in [4.78, 5) is 11.9. The van der Waals surface area contributed by atoms with Crippen molar-refractivity contribution in [3.63, 3.8) is 0 Å². The van der Waals surface area contributed by atoms with Crippen LogP contribution in [0.1, 0.15) is 58.3 Å². The summed E-state index contributed by atoms with van der Waals surface area (Å²) in [7, 11) is 0. The molecule has 0 spiro atoms. The predicted molar refractivity (Wildman–Crippen MR) is 73.1 cm³/mol. The van der Waals surface area contributed by atoms with Crippen molar-refractivity contribution < 1.29 is 9.90 Å². The van der Waals surface area contributed by atoms with Gasteiger partial charge in [-0.15, -0.1) is 0 Å². The quantitative estimate of drug-likeness (QED) is 0.617. The van der Waals surface area contributed by atoms with E-state index in [4.69, 9.17) is 5.73 Å². The Labute approximate surface area is 110 Å². The third-order valence-electron chi connectivity index (χ3n) is 4.20. The number of carbonyl (C=O) groups excluding carboxylic acids is 1. The van der Waals surface area contributed by atoms with Gasteiger partial charge in [0.15, 0.2) is 0 Å². The number of hydrogen-bond acceptors (Lipinski definition) is 3. The van der Waals surface area contributed by atoms with E-state index in [1.807, 2.05) is 0 Å². The fourth-order valence-corrected chi connectivity index (χ4v) is 2.86. The highest BCUT2D eigenvalue weighted by molar-refractivity contribution is 5.76. The lowest BCUT2D eigenvalue weighted by atomic mass is 9.95. The zero-order valence-electron chi connectivity index (χ0n) is 11.6. The Morgan fingerprint density at radius 3 is 2.56 bits per heavy atom. The average Bonchev–Trinajstić information content (AvgIpc) is 2.83. The first-order valence-corrected chi connectivity index (χ1v) is 7.27. The zero-order chi connectivity index (χ0) is 13.4. The maximum absolute atomic E-state index is 11.9. The van der Waals surface area contributed by atoms with Gasteiger partial charge < -0.3 is 16.2 Å². The fourth-order valence-electron chi connectivity index (χ4n) is 2.86. The zero-order valence-corrected chi connectivity index (χ0v) is 11.6. The molecule has 1 amide bonds. The molecule has 0 aromatic rings. The second kappa shape index (κ2) is 7.74. The Morgan fingerprint density at radius 2 is 2.06 bits per heavy atom. The molecule has 0 saturated heterocycles. The number of rotatable bonds is 8. The largest absolute Gasteiger partial charge is 0.394 e. The minimum atomic E-state index is -0.327. The Kier molecular flexibility index (Phi) is 6.65. The van der Waals surface area contributed by atoms with E-state index in [1.165, 1.54) is 0 Å². The highest BCUT2D eigenvalue weighted by Crippen LogP contribution is 2.29. The molecule has 1 unspecified atom stereocenters. The van der Waals surface area contributed by atoms with Gasteiger partial charge in [0.2, 0.25) is 5.91 Å². The predicted octanol–water partition coefficient (Wildman–Crippen LogP) is 1.56. The molecule has 18 heavy (non-hydrogen) atoms. The summed E-state index contributed by atoms with van der Waals surface area (Å²) >= 11 is 0. The van der Waals surface area contributed by atoms with Gasteiger partial charge in [-0.2, -0.15) is 0 Å². The fraction of sp³-hybridized carbons (Fsp3) is 0.929. The second-order valence-electron chi connectivity index (χ2n) is 5.58. The number of aliphatic hydroxyl groups excluding tert-OH is 1. The monoisotopic (exact) mass is 256 g/mol. The SMILES string of the molecule is CCC(CCN)CCC(=O)NC1(CO)CCCC1. The molecule has 4 heteroatoms. The van der Waals surface area contributed by atoms with Crippen molar-refractivity contribution in [3.8, 4) is 0 Å². The van der Waals surface area contributed by atoms with E-state index in [0.717, 1.165) is 44.9 Å². The van der Waals surface area contributed by atoms with Crippen LogP contribution >= 0.6 is 0 Å². The molecule has 1 saturated carbocycles. The van der Waals surface area contributed by atoms with Gasteiger partial charge in [0.1, 0.15) is 0 Å². The third kappa shape index (κ3) is 4.58. The molecule has 106 valence electrons. The van der Waals surface area contributed by atoms with Crippen LogP contribution in [0.5, 0.6) is 0 Å². The number of nitrogens with one attached hydrogen (secondary N) is 1. The van der Waals surface area contributed by atoms with Gasteiger partial charge in [0.25, 0.3) is 0 Å². The van der Waals surface area contributed by atoms with Crippen molar-refractivity contribution in [1.82, 2.24) is 5.32 Å². The molecule has 0 aliphatic heterocycles. The minimum Gasteiger partial charge on any atom is -0.394 e. The molecule has 0 radical (unpaired) electrons. The first kappa shape index (κ1) is 15.4. The van der Waals surface area contributed by atoms with Crippen molar-refractivity contribution >= 4 is 5.91 Å². The van der Waals surface area contributed by atoms with E-state index in [0.29, 0.717) is 18.9 Å². The van der Waals surface area contributed by atoms with Crippen molar-refractivity contribution in [1.29, 1.82) is 0 Å². The van der Waals surface area contributed by atoms with Crippen LogP contribution in [0.25, 0.3) is 0 Å². The number of nitrogens with two attached hydrogens (primary N) is 1. The lowest BCUT2D eigenvalue weighted by molar-refractivity contribution is -0.123. The van der Waals surface area contributed by atoms with Crippen molar-refractivity contribution in [3.05, 3.63) is 0 Å². The lowest BCUT2D eigenvalue weighted by Crippen LogP contribution is -2.49. The van der Waals surface area contributed by atoms with Crippen LogP contribution in [-0.4, -0.2) is 29.7 Å². The van der Waals surface area contributed by atoms with Gasteiger partial charge >= 0.3 is 0 Å². The second-order valence-corrected chi connectivity index (χ2v) is 5.58. The van der Waals surface area contributed by atoms with Crippen LogP contribution in [0.15, 0.2) is 0 Å². The molecular weight excluding hydrogens is 228 g/mol. The van der Waals surface area contributed by atoms with Crippen LogP contribution in [0.3, 0.4) is 0 Å². The Morgan fingerprint density at radius 1 is 1.39 bits per heavy atom. The van der Waals surface area contributed by atoms with Crippen molar-refractivity contribution in [2.24, 2.45) is 11.7 Å². The van der Waals surface area contributed by atoms with Crippen molar-refractivity contribution in [2.75, 3.05) is 13.2 Å². The summed E-state index contributed by atoms with van der Waals surface area (Å²) in [5.41, 5.74) is 5.23. The molecule has 4 nitrogen and oxygen atoms in total. The molecule has 1 aliphatic rings. The van der Waals surface area contributed by atoms with E-state index >= 15 is 0 Å². The average molecular weight is 256 g/mol. The maximum Gasteiger partial charge on any atom is 0.220 e. The summed E-state index contributed by atoms with van der Waals surface area (Å²) in [5.74, 6) is 0.635. The Bertz CT molecular complexity index is 250. The van der Waals surface area contributed by atoms with Crippen LogP contribution < -0.4 is 11.1 Å². The van der Waals surface area contributed by atoms with E-state index in [-0.39, 0.29) is 18.1 Å².